The largest absolute Gasteiger partial charge is 0.335 e. The second-order valence-corrected chi connectivity index (χ2v) is 8.65. The summed E-state index contributed by atoms with van der Waals surface area (Å²) in [6.07, 6.45) is 7.16. The zero-order valence-corrected chi connectivity index (χ0v) is 15.2. The van der Waals surface area contributed by atoms with Crippen LogP contribution in [0.15, 0.2) is 61.2 Å². The number of hydrogen-bond donors (Lipinski definition) is 0. The van der Waals surface area contributed by atoms with Gasteiger partial charge in [-0.2, -0.15) is 0 Å². The first-order chi connectivity index (χ1) is 10.9. The summed E-state index contributed by atoms with van der Waals surface area (Å²) in [4.78, 5) is 4.21. The number of aromatic nitrogens is 2. The SMILES string of the molecule is Cl.c1ccc2cc(C3(Cn4ccnc4)SCCCS3)ccc2c1. The van der Waals surface area contributed by atoms with E-state index in [0.29, 0.717) is 0 Å². The predicted molar refractivity (Wildman–Crippen MR) is 105 cm³/mol. The van der Waals surface area contributed by atoms with Crippen molar-refractivity contribution < 1.29 is 0 Å². The Hall–Kier alpha value is -1.10. The zero-order chi connectivity index (χ0) is 14.8. The van der Waals surface area contributed by atoms with E-state index in [4.69, 9.17) is 0 Å². The number of benzene rings is 2. The molecule has 1 aromatic heterocycles. The van der Waals surface area contributed by atoms with Crippen LogP contribution in [0.1, 0.15) is 12.0 Å². The number of nitrogens with zero attached hydrogens (tertiary/aromatic N) is 2. The Kier molecular flexibility index (Phi) is 5.24. The van der Waals surface area contributed by atoms with E-state index >= 15 is 0 Å². The molecule has 5 heteroatoms. The standard InChI is InChI=1S/C18H18N2S2.ClH/c1-2-5-16-12-17(7-6-15(16)4-1)18(21-10-3-11-22-18)13-20-9-8-19-14-20;/h1-2,4-9,12,14H,3,10-11,13H2;1H. The molecule has 120 valence electrons. The first-order valence-electron chi connectivity index (χ1n) is 7.59. The third kappa shape index (κ3) is 3.39. The van der Waals surface area contributed by atoms with Gasteiger partial charge in [-0.15, -0.1) is 35.9 Å². The number of imidazole rings is 1. The average Bonchev–Trinajstić information content (AvgIpc) is 3.08. The van der Waals surface area contributed by atoms with Gasteiger partial charge in [-0.1, -0.05) is 36.4 Å². The van der Waals surface area contributed by atoms with Gasteiger partial charge in [0.15, 0.2) is 0 Å². The Morgan fingerprint density at radius 3 is 2.57 bits per heavy atom. The monoisotopic (exact) mass is 362 g/mol. The second kappa shape index (κ2) is 7.20. The van der Waals surface area contributed by atoms with Gasteiger partial charge in [-0.25, -0.2) is 4.98 Å². The molecule has 2 nitrogen and oxygen atoms in total. The van der Waals surface area contributed by atoms with Crippen LogP contribution in [0.5, 0.6) is 0 Å². The Bertz CT molecular complexity index is 768. The number of halogens is 1. The number of hydrogen-bond acceptors (Lipinski definition) is 3. The van der Waals surface area contributed by atoms with Crippen LogP contribution in [0.2, 0.25) is 0 Å². The van der Waals surface area contributed by atoms with Crippen LogP contribution >= 0.6 is 35.9 Å². The zero-order valence-electron chi connectivity index (χ0n) is 12.7. The van der Waals surface area contributed by atoms with Gasteiger partial charge in [0.1, 0.15) is 4.08 Å². The van der Waals surface area contributed by atoms with Crippen molar-refractivity contribution in [3.63, 3.8) is 0 Å². The molecule has 2 aromatic carbocycles. The smallest absolute Gasteiger partial charge is 0.104 e. The minimum atomic E-state index is 0. The van der Waals surface area contributed by atoms with E-state index in [-0.39, 0.29) is 16.5 Å². The lowest BCUT2D eigenvalue weighted by molar-refractivity contribution is 0.645. The molecule has 1 saturated heterocycles. The van der Waals surface area contributed by atoms with Crippen LogP contribution in [-0.4, -0.2) is 21.1 Å². The molecule has 1 fully saturated rings. The molecule has 0 bridgehead atoms. The van der Waals surface area contributed by atoms with E-state index in [1.165, 1.54) is 34.3 Å². The molecule has 23 heavy (non-hydrogen) atoms. The van der Waals surface area contributed by atoms with Gasteiger partial charge >= 0.3 is 0 Å². The highest BCUT2D eigenvalue weighted by molar-refractivity contribution is 8.18. The van der Waals surface area contributed by atoms with Gasteiger partial charge in [0.25, 0.3) is 0 Å². The first-order valence-corrected chi connectivity index (χ1v) is 9.56. The normalized spacial score (nSPS) is 16.9. The van der Waals surface area contributed by atoms with E-state index in [1.54, 1.807) is 0 Å². The van der Waals surface area contributed by atoms with E-state index < -0.39 is 0 Å². The lowest BCUT2D eigenvalue weighted by atomic mass is 10.0. The maximum Gasteiger partial charge on any atom is 0.104 e. The van der Waals surface area contributed by atoms with Crippen molar-refractivity contribution in [3.8, 4) is 0 Å². The van der Waals surface area contributed by atoms with Gasteiger partial charge in [0.2, 0.25) is 0 Å². The topological polar surface area (TPSA) is 17.8 Å². The molecule has 2 heterocycles. The summed E-state index contributed by atoms with van der Waals surface area (Å²) < 4.78 is 2.31. The van der Waals surface area contributed by atoms with Gasteiger partial charge in [0.05, 0.1) is 12.9 Å². The molecule has 3 aromatic rings. The molecule has 0 atom stereocenters. The number of rotatable bonds is 3. The van der Waals surface area contributed by atoms with Crippen molar-refractivity contribution in [2.75, 3.05) is 11.5 Å². The predicted octanol–water partition coefficient (Wildman–Crippen LogP) is 5.18. The Morgan fingerprint density at radius 1 is 1.04 bits per heavy atom. The van der Waals surface area contributed by atoms with Gasteiger partial charge in [0, 0.05) is 12.4 Å². The molecular weight excluding hydrogens is 344 g/mol. The Labute approximate surface area is 151 Å². The average molecular weight is 363 g/mol. The fourth-order valence-corrected chi connectivity index (χ4v) is 6.29. The highest BCUT2D eigenvalue weighted by Gasteiger charge is 2.36. The fourth-order valence-electron chi connectivity index (χ4n) is 2.97. The van der Waals surface area contributed by atoms with Crippen LogP contribution in [-0.2, 0) is 10.6 Å². The minimum absolute atomic E-state index is 0. The summed E-state index contributed by atoms with van der Waals surface area (Å²) in [7, 11) is 0. The molecule has 1 aliphatic rings. The molecule has 0 unspecified atom stereocenters. The lowest BCUT2D eigenvalue weighted by Crippen LogP contribution is -2.28. The summed E-state index contributed by atoms with van der Waals surface area (Å²) >= 11 is 4.17. The molecule has 0 N–H and O–H groups in total. The number of fused-ring (bicyclic) bond motifs is 1. The molecule has 0 spiro atoms. The highest BCUT2D eigenvalue weighted by atomic mass is 35.5. The summed E-state index contributed by atoms with van der Waals surface area (Å²) in [6.45, 7) is 0.973. The highest BCUT2D eigenvalue weighted by Crippen LogP contribution is 2.51. The molecule has 0 aliphatic carbocycles. The third-order valence-corrected chi connectivity index (χ3v) is 7.45. The Balaban J connectivity index is 0.00000156. The quantitative estimate of drug-likeness (QED) is 0.639. The maximum atomic E-state index is 4.21. The summed E-state index contributed by atoms with van der Waals surface area (Å²) in [5.74, 6) is 2.46. The molecule has 0 radical (unpaired) electrons. The van der Waals surface area contributed by atoms with Crippen LogP contribution in [0.4, 0.5) is 0 Å². The Morgan fingerprint density at radius 2 is 1.83 bits per heavy atom. The first kappa shape index (κ1) is 16.7. The summed E-state index contributed by atoms with van der Waals surface area (Å²) in [6, 6.07) is 15.6. The summed E-state index contributed by atoms with van der Waals surface area (Å²) in [5, 5.41) is 2.65. The third-order valence-electron chi connectivity index (χ3n) is 4.10. The molecule has 0 amide bonds. The van der Waals surface area contributed by atoms with E-state index in [2.05, 4.69) is 81.7 Å². The van der Waals surface area contributed by atoms with E-state index in [9.17, 15) is 0 Å². The van der Waals surface area contributed by atoms with Gasteiger partial charge < -0.3 is 4.57 Å². The lowest BCUT2D eigenvalue weighted by Gasteiger charge is -2.37. The number of thioether (sulfide) groups is 2. The second-order valence-electron chi connectivity index (χ2n) is 5.60. The van der Waals surface area contributed by atoms with Crippen molar-refractivity contribution in [2.24, 2.45) is 0 Å². The van der Waals surface area contributed by atoms with Crippen molar-refractivity contribution in [2.45, 2.75) is 17.0 Å². The summed E-state index contributed by atoms with van der Waals surface area (Å²) in [5.41, 5.74) is 1.43. The maximum absolute atomic E-state index is 4.21. The van der Waals surface area contributed by atoms with Crippen molar-refractivity contribution in [3.05, 3.63) is 66.7 Å². The molecule has 1 aliphatic heterocycles. The van der Waals surface area contributed by atoms with Crippen LogP contribution in [0.3, 0.4) is 0 Å². The van der Waals surface area contributed by atoms with Crippen LogP contribution < -0.4 is 0 Å². The van der Waals surface area contributed by atoms with Gasteiger partial charge in [-0.3, -0.25) is 0 Å². The van der Waals surface area contributed by atoms with Crippen LogP contribution in [0.25, 0.3) is 10.8 Å². The fraction of sp³-hybridized carbons (Fsp3) is 0.278. The molecular formula is C18H19ClN2S2. The molecule has 0 saturated carbocycles. The van der Waals surface area contributed by atoms with Gasteiger partial charge in [-0.05, 0) is 40.3 Å². The van der Waals surface area contributed by atoms with Crippen molar-refractivity contribution >= 4 is 46.7 Å². The van der Waals surface area contributed by atoms with E-state index in [0.717, 1.165) is 6.54 Å². The molecule has 4 rings (SSSR count). The minimum Gasteiger partial charge on any atom is -0.335 e. The van der Waals surface area contributed by atoms with Crippen LogP contribution in [0, 0.1) is 0 Å². The van der Waals surface area contributed by atoms with Crippen molar-refractivity contribution in [1.29, 1.82) is 0 Å². The van der Waals surface area contributed by atoms with E-state index in [1.807, 2.05) is 12.5 Å². The van der Waals surface area contributed by atoms with Crippen molar-refractivity contribution in [1.82, 2.24) is 9.55 Å².